The number of amides is 2. The summed E-state index contributed by atoms with van der Waals surface area (Å²) in [5.41, 5.74) is 4.58. The molecule has 0 aliphatic heterocycles. The number of carbonyl (C=O) groups is 2. The third-order valence-electron chi connectivity index (χ3n) is 8.68. The average molecular weight is 501 g/mol. The van der Waals surface area contributed by atoms with Crippen LogP contribution in [-0.2, 0) is 9.59 Å². The van der Waals surface area contributed by atoms with Gasteiger partial charge in [-0.1, -0.05) is 32.0 Å². The molecule has 3 aromatic rings. The first-order valence-electron chi connectivity index (χ1n) is 13.4. The van der Waals surface area contributed by atoms with Crippen molar-refractivity contribution in [3.05, 3.63) is 59.8 Å². The summed E-state index contributed by atoms with van der Waals surface area (Å²) in [6.45, 7) is 10.4. The maximum atomic E-state index is 13.9. The van der Waals surface area contributed by atoms with Crippen LogP contribution in [0.2, 0.25) is 0 Å². The van der Waals surface area contributed by atoms with Crippen LogP contribution in [0, 0.1) is 18.3 Å². The van der Waals surface area contributed by atoms with Crippen LogP contribution in [0.15, 0.2) is 48.5 Å². The molecule has 37 heavy (non-hydrogen) atoms. The first-order valence-corrected chi connectivity index (χ1v) is 13.4. The van der Waals surface area contributed by atoms with Crippen LogP contribution in [0.1, 0.15) is 64.1 Å². The summed E-state index contributed by atoms with van der Waals surface area (Å²) >= 11 is 0. The first-order chi connectivity index (χ1) is 17.4. The van der Waals surface area contributed by atoms with Gasteiger partial charge in [0.15, 0.2) is 0 Å². The monoisotopic (exact) mass is 500 g/mol. The fraction of sp³-hybridized carbons (Fsp3) is 0.484. The lowest BCUT2D eigenvalue weighted by Gasteiger charge is -2.38. The van der Waals surface area contributed by atoms with Crippen molar-refractivity contribution in [3.8, 4) is 0 Å². The summed E-state index contributed by atoms with van der Waals surface area (Å²) in [6.07, 6.45) is 2.37. The molecule has 1 heterocycles. The number of rotatable bonds is 8. The standard InChI is InChI=1S/C31H40N4O2/c1-19-27(23-10-8-9-11-25(23)32-19)28-24(30(28,2)3)18-26(36)35(22-16-17-22)31(4,5)29(37)33-20-12-14-21(15-13-20)34(6)7/h8-15,22,24,28,32H,16-18H2,1-7H3,(H,33,37)/t24-,28-/m0/s1. The fourth-order valence-corrected chi connectivity index (χ4v) is 6.22. The normalized spacial score (nSPS) is 20.5. The minimum absolute atomic E-state index is 0.0290. The number of fused-ring (bicyclic) bond motifs is 1. The largest absolute Gasteiger partial charge is 0.378 e. The summed E-state index contributed by atoms with van der Waals surface area (Å²) in [5.74, 6) is 0.505. The van der Waals surface area contributed by atoms with Gasteiger partial charge in [0, 0.05) is 54.5 Å². The summed E-state index contributed by atoms with van der Waals surface area (Å²) in [6, 6.07) is 16.3. The minimum Gasteiger partial charge on any atom is -0.378 e. The molecule has 0 unspecified atom stereocenters. The highest BCUT2D eigenvalue weighted by molar-refractivity contribution is 6.00. The SMILES string of the molecule is Cc1[nH]c2ccccc2c1[C@@H]1[C@H](CC(=O)N(C2CC2)C(C)(C)C(=O)Nc2ccc(N(C)C)cc2)C1(C)C. The predicted molar refractivity (Wildman–Crippen MR) is 151 cm³/mol. The zero-order valence-corrected chi connectivity index (χ0v) is 23.2. The van der Waals surface area contributed by atoms with E-state index in [0.29, 0.717) is 12.3 Å². The van der Waals surface area contributed by atoms with Gasteiger partial charge >= 0.3 is 0 Å². The Kier molecular flexibility index (Phi) is 6.12. The van der Waals surface area contributed by atoms with Crippen molar-refractivity contribution in [3.63, 3.8) is 0 Å². The van der Waals surface area contributed by atoms with Crippen LogP contribution in [0.25, 0.3) is 10.9 Å². The Bertz CT molecular complexity index is 1330. The number of para-hydroxylation sites is 1. The molecule has 2 saturated carbocycles. The second kappa shape index (κ2) is 8.93. The molecule has 1 aromatic heterocycles. The zero-order chi connectivity index (χ0) is 26.7. The molecule has 2 amide bonds. The molecule has 0 radical (unpaired) electrons. The fourth-order valence-electron chi connectivity index (χ4n) is 6.22. The number of aromatic nitrogens is 1. The van der Waals surface area contributed by atoms with Crippen molar-refractivity contribution >= 4 is 34.1 Å². The quantitative estimate of drug-likeness (QED) is 0.394. The van der Waals surface area contributed by atoms with Crippen LogP contribution >= 0.6 is 0 Å². The summed E-state index contributed by atoms with van der Waals surface area (Å²) in [7, 11) is 3.97. The molecular weight excluding hydrogens is 460 g/mol. The molecule has 2 atom stereocenters. The van der Waals surface area contributed by atoms with Crippen LogP contribution in [0.4, 0.5) is 11.4 Å². The maximum absolute atomic E-state index is 13.9. The van der Waals surface area contributed by atoms with Gasteiger partial charge in [-0.3, -0.25) is 9.59 Å². The van der Waals surface area contributed by atoms with E-state index in [1.807, 2.05) is 62.0 Å². The number of aromatic amines is 1. The topological polar surface area (TPSA) is 68.4 Å². The highest BCUT2D eigenvalue weighted by Gasteiger charge is 2.60. The molecule has 6 nitrogen and oxygen atoms in total. The molecule has 2 aliphatic rings. The molecule has 2 aliphatic carbocycles. The molecule has 0 bridgehead atoms. The number of nitrogens with zero attached hydrogens (tertiary/aromatic N) is 2. The van der Waals surface area contributed by atoms with Crippen molar-refractivity contribution in [2.24, 2.45) is 11.3 Å². The molecule has 0 saturated heterocycles. The summed E-state index contributed by atoms with van der Waals surface area (Å²) in [4.78, 5) is 34.8. The van der Waals surface area contributed by atoms with E-state index in [2.05, 4.69) is 55.3 Å². The molecule has 2 fully saturated rings. The molecule has 6 heteroatoms. The van der Waals surface area contributed by atoms with Gasteiger partial charge in [-0.05, 0) is 86.8 Å². The van der Waals surface area contributed by atoms with E-state index in [0.717, 1.165) is 29.7 Å². The lowest BCUT2D eigenvalue weighted by molar-refractivity contribution is -0.144. The van der Waals surface area contributed by atoms with E-state index in [9.17, 15) is 9.59 Å². The van der Waals surface area contributed by atoms with Crippen LogP contribution < -0.4 is 10.2 Å². The van der Waals surface area contributed by atoms with E-state index in [1.54, 1.807) is 0 Å². The van der Waals surface area contributed by atoms with Gasteiger partial charge in [0.1, 0.15) is 5.54 Å². The summed E-state index contributed by atoms with van der Waals surface area (Å²) < 4.78 is 0. The number of aryl methyl sites for hydroxylation is 1. The van der Waals surface area contributed by atoms with Crippen LogP contribution in [-0.4, -0.2) is 47.4 Å². The van der Waals surface area contributed by atoms with Gasteiger partial charge in [-0.25, -0.2) is 0 Å². The Morgan fingerprint density at radius 3 is 2.32 bits per heavy atom. The number of benzene rings is 2. The molecular formula is C31H40N4O2. The Morgan fingerprint density at radius 2 is 1.70 bits per heavy atom. The second-order valence-electron chi connectivity index (χ2n) is 12.3. The lowest BCUT2D eigenvalue weighted by Crippen LogP contribution is -2.56. The van der Waals surface area contributed by atoms with Crippen molar-refractivity contribution in [2.45, 2.75) is 71.4 Å². The number of hydrogen-bond donors (Lipinski definition) is 2. The Morgan fingerprint density at radius 1 is 1.05 bits per heavy atom. The third-order valence-corrected chi connectivity index (χ3v) is 8.68. The summed E-state index contributed by atoms with van der Waals surface area (Å²) in [5, 5.41) is 4.31. The Labute approximate surface area is 220 Å². The number of carbonyl (C=O) groups excluding carboxylic acids is 2. The average Bonchev–Trinajstić information content (AvgIpc) is 3.71. The maximum Gasteiger partial charge on any atom is 0.249 e. The van der Waals surface area contributed by atoms with Crippen molar-refractivity contribution in [1.82, 2.24) is 9.88 Å². The third kappa shape index (κ3) is 4.51. The molecule has 5 rings (SSSR count). The second-order valence-corrected chi connectivity index (χ2v) is 12.3. The molecule has 196 valence electrons. The van der Waals surface area contributed by atoms with E-state index in [4.69, 9.17) is 0 Å². The van der Waals surface area contributed by atoms with Gasteiger partial charge in [0.05, 0.1) is 0 Å². The van der Waals surface area contributed by atoms with E-state index in [-0.39, 0.29) is 29.2 Å². The molecule has 2 aromatic carbocycles. The minimum atomic E-state index is -0.941. The van der Waals surface area contributed by atoms with Crippen LogP contribution in [0.5, 0.6) is 0 Å². The zero-order valence-electron chi connectivity index (χ0n) is 23.2. The highest BCUT2D eigenvalue weighted by Crippen LogP contribution is 2.67. The van der Waals surface area contributed by atoms with Crippen molar-refractivity contribution in [2.75, 3.05) is 24.3 Å². The number of anilines is 2. The van der Waals surface area contributed by atoms with Gasteiger partial charge in [0.2, 0.25) is 11.8 Å². The van der Waals surface area contributed by atoms with Gasteiger partial charge in [0.25, 0.3) is 0 Å². The van der Waals surface area contributed by atoms with E-state index in [1.165, 1.54) is 16.6 Å². The van der Waals surface area contributed by atoms with E-state index >= 15 is 0 Å². The Balaban J connectivity index is 1.33. The van der Waals surface area contributed by atoms with Crippen molar-refractivity contribution in [1.29, 1.82) is 0 Å². The number of nitrogens with one attached hydrogen (secondary N) is 2. The number of hydrogen-bond acceptors (Lipinski definition) is 3. The van der Waals surface area contributed by atoms with Gasteiger partial charge in [-0.15, -0.1) is 0 Å². The predicted octanol–water partition coefficient (Wildman–Crippen LogP) is 6.08. The number of H-pyrrole nitrogens is 1. The van der Waals surface area contributed by atoms with Gasteiger partial charge in [-0.2, -0.15) is 0 Å². The molecule has 2 N–H and O–H groups in total. The Hall–Kier alpha value is -3.28. The highest BCUT2D eigenvalue weighted by atomic mass is 16.2. The van der Waals surface area contributed by atoms with Crippen LogP contribution in [0.3, 0.4) is 0 Å². The lowest BCUT2D eigenvalue weighted by atomic mass is 9.98. The first kappa shape index (κ1) is 25.4. The smallest absolute Gasteiger partial charge is 0.249 e. The van der Waals surface area contributed by atoms with Crippen molar-refractivity contribution < 1.29 is 9.59 Å². The molecule has 0 spiro atoms. The van der Waals surface area contributed by atoms with Gasteiger partial charge < -0.3 is 20.1 Å². The van der Waals surface area contributed by atoms with E-state index < -0.39 is 5.54 Å².